The molecule has 152 valence electrons. The number of nitrogens with two attached hydrogens (primary N) is 1. The van der Waals surface area contributed by atoms with Crippen molar-refractivity contribution in [3.05, 3.63) is 35.9 Å². The van der Waals surface area contributed by atoms with Gasteiger partial charge < -0.3 is 15.6 Å². The Kier molecular flexibility index (Phi) is 7.31. The molecular formula is C21H33NO4S. The fourth-order valence-electron chi connectivity index (χ4n) is 4.55. The van der Waals surface area contributed by atoms with Crippen molar-refractivity contribution in [1.82, 2.24) is 0 Å². The second kappa shape index (κ2) is 9.50. The van der Waals surface area contributed by atoms with Gasteiger partial charge in [-0.25, -0.2) is 8.42 Å². The summed E-state index contributed by atoms with van der Waals surface area (Å²) >= 11 is 0. The first kappa shape index (κ1) is 20.8. The van der Waals surface area contributed by atoms with Crippen molar-refractivity contribution in [2.45, 2.75) is 68.9 Å². The van der Waals surface area contributed by atoms with Crippen LogP contribution in [-0.4, -0.2) is 44.1 Å². The van der Waals surface area contributed by atoms with Gasteiger partial charge in [0.25, 0.3) is 0 Å². The highest BCUT2D eigenvalue weighted by molar-refractivity contribution is 7.90. The summed E-state index contributed by atoms with van der Waals surface area (Å²) in [6.45, 7) is 0.381. The van der Waals surface area contributed by atoms with Crippen LogP contribution in [0.25, 0.3) is 0 Å². The molecule has 0 spiro atoms. The quantitative estimate of drug-likeness (QED) is 0.706. The summed E-state index contributed by atoms with van der Waals surface area (Å²) in [5.41, 5.74) is 7.06. The van der Waals surface area contributed by atoms with Crippen molar-refractivity contribution < 1.29 is 18.3 Å². The molecule has 2 fully saturated rings. The van der Waals surface area contributed by atoms with E-state index in [1.165, 1.54) is 32.1 Å². The normalized spacial score (nSPS) is 26.7. The maximum atomic E-state index is 12.5. The Balaban J connectivity index is 1.47. The van der Waals surface area contributed by atoms with E-state index in [1.54, 1.807) is 0 Å². The summed E-state index contributed by atoms with van der Waals surface area (Å²) in [5.74, 6) is 0.689. The van der Waals surface area contributed by atoms with Crippen molar-refractivity contribution in [2.75, 3.05) is 12.4 Å². The molecule has 1 aromatic rings. The molecule has 1 aliphatic heterocycles. The molecule has 1 aromatic carbocycles. The third-order valence-electron chi connectivity index (χ3n) is 5.98. The van der Waals surface area contributed by atoms with Gasteiger partial charge in [-0.15, -0.1) is 0 Å². The molecule has 0 amide bonds. The molecule has 3 rings (SSSR count). The van der Waals surface area contributed by atoms with Crippen molar-refractivity contribution in [1.29, 1.82) is 0 Å². The number of aliphatic hydroxyl groups is 1. The molecule has 1 aliphatic carbocycles. The highest BCUT2D eigenvalue weighted by Crippen LogP contribution is 2.30. The summed E-state index contributed by atoms with van der Waals surface area (Å²) in [6.07, 6.45) is 6.56. The zero-order valence-electron chi connectivity index (χ0n) is 16.0. The Hall–Kier alpha value is -0.950. The van der Waals surface area contributed by atoms with Gasteiger partial charge in [-0.05, 0) is 30.2 Å². The number of rotatable bonds is 8. The lowest BCUT2D eigenvalue weighted by Gasteiger charge is -2.29. The Morgan fingerprint density at radius 2 is 1.81 bits per heavy atom. The predicted octanol–water partition coefficient (Wildman–Crippen LogP) is 2.67. The predicted molar refractivity (Wildman–Crippen MR) is 107 cm³/mol. The van der Waals surface area contributed by atoms with Crippen molar-refractivity contribution in [3.8, 4) is 0 Å². The molecule has 0 bridgehead atoms. The lowest BCUT2D eigenvalue weighted by molar-refractivity contribution is -0.0187. The van der Waals surface area contributed by atoms with E-state index in [9.17, 15) is 13.5 Å². The van der Waals surface area contributed by atoms with Crippen LogP contribution < -0.4 is 5.73 Å². The highest BCUT2D eigenvalue weighted by Gasteiger charge is 2.36. The summed E-state index contributed by atoms with van der Waals surface area (Å²) in [5, 5.41) is 10.6. The van der Waals surface area contributed by atoms with Crippen LogP contribution in [0.15, 0.2) is 30.3 Å². The first-order valence-electron chi connectivity index (χ1n) is 10.2. The van der Waals surface area contributed by atoms with Crippen LogP contribution in [0.5, 0.6) is 0 Å². The topological polar surface area (TPSA) is 89.6 Å². The van der Waals surface area contributed by atoms with Crippen LogP contribution in [0.2, 0.25) is 0 Å². The van der Waals surface area contributed by atoms with Gasteiger partial charge >= 0.3 is 0 Å². The second-order valence-electron chi connectivity index (χ2n) is 8.41. The number of sulfone groups is 1. The zero-order valence-corrected chi connectivity index (χ0v) is 16.8. The fourth-order valence-corrected chi connectivity index (χ4v) is 6.32. The van der Waals surface area contributed by atoms with E-state index in [2.05, 4.69) is 0 Å². The van der Waals surface area contributed by atoms with E-state index in [4.69, 9.17) is 10.5 Å². The minimum atomic E-state index is -3.20. The van der Waals surface area contributed by atoms with Crippen LogP contribution in [0.1, 0.15) is 50.5 Å². The van der Waals surface area contributed by atoms with Crippen molar-refractivity contribution >= 4 is 9.84 Å². The van der Waals surface area contributed by atoms with Crippen molar-refractivity contribution in [3.63, 3.8) is 0 Å². The molecule has 5 nitrogen and oxygen atoms in total. The molecule has 2 aliphatic rings. The van der Waals surface area contributed by atoms with Crippen LogP contribution in [0.4, 0.5) is 0 Å². The third kappa shape index (κ3) is 6.28. The van der Waals surface area contributed by atoms with Gasteiger partial charge in [0.1, 0.15) is 0 Å². The first-order chi connectivity index (χ1) is 12.9. The summed E-state index contributed by atoms with van der Waals surface area (Å²) in [7, 11) is -3.20. The van der Waals surface area contributed by atoms with E-state index in [1.807, 2.05) is 30.3 Å². The van der Waals surface area contributed by atoms with Gasteiger partial charge in [0.05, 0.1) is 30.3 Å². The van der Waals surface area contributed by atoms with Crippen LogP contribution >= 0.6 is 0 Å². The highest BCUT2D eigenvalue weighted by atomic mass is 32.2. The minimum absolute atomic E-state index is 0.0543. The second-order valence-corrected chi connectivity index (χ2v) is 10.5. The van der Waals surface area contributed by atoms with E-state index in [-0.39, 0.29) is 29.6 Å². The van der Waals surface area contributed by atoms with Gasteiger partial charge in [-0.2, -0.15) is 0 Å². The molecule has 27 heavy (non-hydrogen) atoms. The summed E-state index contributed by atoms with van der Waals surface area (Å²) in [4.78, 5) is 0. The van der Waals surface area contributed by atoms with Crippen LogP contribution in [0.3, 0.4) is 0 Å². The van der Waals surface area contributed by atoms with Gasteiger partial charge in [-0.1, -0.05) is 62.4 Å². The monoisotopic (exact) mass is 395 g/mol. The van der Waals surface area contributed by atoms with Crippen LogP contribution in [0, 0.1) is 11.8 Å². The Morgan fingerprint density at radius 1 is 1.11 bits per heavy atom. The number of aliphatic hydroxyl groups excluding tert-OH is 1. The smallest absolute Gasteiger partial charge is 0.154 e. The largest absolute Gasteiger partial charge is 0.389 e. The van der Waals surface area contributed by atoms with Gasteiger partial charge in [0.2, 0.25) is 0 Å². The van der Waals surface area contributed by atoms with Gasteiger partial charge in [-0.3, -0.25) is 0 Å². The summed E-state index contributed by atoms with van der Waals surface area (Å²) < 4.78 is 30.7. The molecular weight excluding hydrogens is 362 g/mol. The minimum Gasteiger partial charge on any atom is -0.389 e. The number of benzene rings is 1. The van der Waals surface area contributed by atoms with Gasteiger partial charge in [0, 0.05) is 6.04 Å². The van der Waals surface area contributed by atoms with Crippen molar-refractivity contribution in [2.24, 2.45) is 17.6 Å². The molecule has 6 heteroatoms. The van der Waals surface area contributed by atoms with E-state index >= 15 is 0 Å². The molecule has 0 aromatic heterocycles. The molecule has 3 N–H and O–H groups in total. The maximum Gasteiger partial charge on any atom is 0.154 e. The van der Waals surface area contributed by atoms with Crippen LogP contribution in [-0.2, 0) is 20.3 Å². The maximum absolute atomic E-state index is 12.5. The molecule has 2 unspecified atom stereocenters. The summed E-state index contributed by atoms with van der Waals surface area (Å²) in [6, 6.07) is 8.95. The number of hydrogen-bond acceptors (Lipinski definition) is 5. The molecule has 1 saturated heterocycles. The van der Waals surface area contributed by atoms with E-state index in [0.29, 0.717) is 18.9 Å². The lowest BCUT2D eigenvalue weighted by atomic mass is 9.83. The van der Waals surface area contributed by atoms with Gasteiger partial charge in [0.15, 0.2) is 9.84 Å². The SMILES string of the molecule is NC(CC1CCCCC1)C(O)[C@@H]1C[C@H](CS(=O)(=O)Cc2ccccc2)CO1. The Bertz CT molecular complexity index is 673. The Labute approximate surface area is 163 Å². The lowest BCUT2D eigenvalue weighted by Crippen LogP contribution is -2.44. The zero-order chi connectivity index (χ0) is 19.3. The molecule has 0 radical (unpaired) electrons. The van der Waals surface area contributed by atoms with E-state index in [0.717, 1.165) is 12.0 Å². The fraction of sp³-hybridized carbons (Fsp3) is 0.714. The third-order valence-corrected chi connectivity index (χ3v) is 7.73. The average molecular weight is 396 g/mol. The standard InChI is InChI=1S/C21H33NO4S/c22-19(11-16-7-3-1-4-8-16)21(23)20-12-18(13-26-20)15-27(24,25)14-17-9-5-2-6-10-17/h2,5-6,9-10,16,18-21,23H,1,3-4,7-8,11-15,22H2/t18-,19?,20-,21?/m0/s1. The molecule has 4 atom stereocenters. The Morgan fingerprint density at radius 3 is 2.52 bits per heavy atom. The average Bonchev–Trinajstić information content (AvgIpc) is 3.10. The number of hydrogen-bond donors (Lipinski definition) is 2. The van der Waals surface area contributed by atoms with E-state index < -0.39 is 15.9 Å². The number of ether oxygens (including phenoxy) is 1. The molecule has 1 heterocycles. The first-order valence-corrected chi connectivity index (χ1v) is 12.0. The molecule has 1 saturated carbocycles.